The summed E-state index contributed by atoms with van der Waals surface area (Å²) in [4.78, 5) is 0. The highest BCUT2D eigenvalue weighted by molar-refractivity contribution is 6.35. The van der Waals surface area contributed by atoms with E-state index in [2.05, 4.69) is 26.1 Å². The molecule has 1 aliphatic heterocycles. The summed E-state index contributed by atoms with van der Waals surface area (Å²) in [6.07, 6.45) is 0.944. The van der Waals surface area contributed by atoms with E-state index in [1.54, 1.807) is 6.07 Å². The maximum absolute atomic E-state index is 6.17. The molecule has 1 heterocycles. The molecule has 0 amide bonds. The Bertz CT molecular complexity index is 440. The second-order valence-electron chi connectivity index (χ2n) is 5.94. The summed E-state index contributed by atoms with van der Waals surface area (Å²) in [5.74, 6) is 0.777. The minimum atomic E-state index is 0.251. The first-order valence-electron chi connectivity index (χ1n) is 6.22. The molecule has 0 saturated heterocycles. The fourth-order valence-electron chi connectivity index (χ4n) is 2.07. The van der Waals surface area contributed by atoms with Crippen molar-refractivity contribution in [3.63, 3.8) is 0 Å². The third-order valence-corrected chi connectivity index (χ3v) is 3.44. The maximum Gasteiger partial charge on any atom is 0.142 e. The molecule has 0 bridgehead atoms. The summed E-state index contributed by atoms with van der Waals surface area (Å²) >= 11 is 12.2. The van der Waals surface area contributed by atoms with Crippen LogP contribution in [0, 0.1) is 5.41 Å². The number of hydrogen-bond donors (Lipinski definition) is 1. The molecule has 2 rings (SSSR count). The smallest absolute Gasteiger partial charge is 0.142 e. The molecule has 0 aliphatic carbocycles. The minimum Gasteiger partial charge on any atom is -0.492 e. The van der Waals surface area contributed by atoms with Crippen LogP contribution >= 0.6 is 23.2 Å². The summed E-state index contributed by atoms with van der Waals surface area (Å²) in [7, 11) is 0. The van der Waals surface area contributed by atoms with Gasteiger partial charge in [-0.3, -0.25) is 0 Å². The van der Waals surface area contributed by atoms with E-state index in [4.69, 9.17) is 27.9 Å². The zero-order chi connectivity index (χ0) is 13.3. The zero-order valence-electron chi connectivity index (χ0n) is 11.0. The molecule has 0 radical (unpaired) electrons. The molecular weight excluding hydrogens is 269 g/mol. The van der Waals surface area contributed by atoms with Crippen molar-refractivity contribution in [2.45, 2.75) is 33.2 Å². The number of ether oxygens (including phenoxy) is 1. The fraction of sp³-hybridized carbons (Fsp3) is 0.571. The molecule has 1 aliphatic rings. The van der Waals surface area contributed by atoms with Crippen molar-refractivity contribution in [2.24, 2.45) is 5.41 Å². The van der Waals surface area contributed by atoms with Gasteiger partial charge in [-0.2, -0.15) is 0 Å². The van der Waals surface area contributed by atoms with Crippen LogP contribution in [0.15, 0.2) is 12.1 Å². The van der Waals surface area contributed by atoms with Gasteiger partial charge in [-0.1, -0.05) is 44.0 Å². The first kappa shape index (κ1) is 14.0. The van der Waals surface area contributed by atoms with Crippen molar-refractivity contribution in [1.29, 1.82) is 0 Å². The van der Waals surface area contributed by atoms with Crippen molar-refractivity contribution in [1.82, 2.24) is 5.32 Å². The Kier molecular flexibility index (Phi) is 4.10. The molecule has 2 nitrogen and oxygen atoms in total. The highest BCUT2D eigenvalue weighted by Gasteiger charge is 2.25. The van der Waals surface area contributed by atoms with Crippen LogP contribution in [-0.2, 0) is 0 Å². The average Bonchev–Trinajstić information content (AvgIpc) is 2.25. The van der Waals surface area contributed by atoms with E-state index in [1.807, 2.05) is 6.07 Å². The van der Waals surface area contributed by atoms with Crippen molar-refractivity contribution < 1.29 is 4.74 Å². The van der Waals surface area contributed by atoms with Crippen molar-refractivity contribution in [3.05, 3.63) is 27.7 Å². The topological polar surface area (TPSA) is 21.3 Å². The normalized spacial score (nSPS) is 19.3. The van der Waals surface area contributed by atoms with E-state index >= 15 is 0 Å². The molecule has 1 aromatic carbocycles. The average molecular weight is 288 g/mol. The molecule has 1 atom stereocenters. The van der Waals surface area contributed by atoms with E-state index in [9.17, 15) is 0 Å². The van der Waals surface area contributed by atoms with Crippen LogP contribution in [0.5, 0.6) is 5.75 Å². The SMILES string of the molecule is CC(C)(C)CNC1CCOc2c(Cl)cc(Cl)cc21. The van der Waals surface area contributed by atoms with E-state index in [0.29, 0.717) is 16.7 Å². The van der Waals surface area contributed by atoms with Crippen LogP contribution < -0.4 is 10.1 Å². The van der Waals surface area contributed by atoms with Gasteiger partial charge in [0.25, 0.3) is 0 Å². The Morgan fingerprint density at radius 3 is 2.72 bits per heavy atom. The van der Waals surface area contributed by atoms with E-state index < -0.39 is 0 Å². The molecule has 1 aromatic rings. The van der Waals surface area contributed by atoms with E-state index in [1.165, 1.54) is 0 Å². The second-order valence-corrected chi connectivity index (χ2v) is 6.78. The Morgan fingerprint density at radius 1 is 1.33 bits per heavy atom. The van der Waals surface area contributed by atoms with Crippen LogP contribution in [0.2, 0.25) is 10.0 Å². The van der Waals surface area contributed by atoms with Crippen LogP contribution in [0.25, 0.3) is 0 Å². The maximum atomic E-state index is 6.17. The summed E-state index contributed by atoms with van der Waals surface area (Å²) in [5.41, 5.74) is 1.32. The first-order chi connectivity index (χ1) is 8.37. The van der Waals surface area contributed by atoms with Crippen LogP contribution in [0.3, 0.4) is 0 Å². The molecule has 4 heteroatoms. The van der Waals surface area contributed by atoms with Gasteiger partial charge in [0.1, 0.15) is 5.75 Å². The van der Waals surface area contributed by atoms with Crippen LogP contribution in [0.1, 0.15) is 38.8 Å². The summed E-state index contributed by atoms with van der Waals surface area (Å²) in [6, 6.07) is 3.94. The standard InChI is InChI=1S/C14H19Cl2NO/c1-14(2,3)8-17-12-4-5-18-13-10(12)6-9(15)7-11(13)16/h6-7,12,17H,4-5,8H2,1-3H3. The number of fused-ring (bicyclic) bond motifs is 1. The number of benzene rings is 1. The molecule has 0 fully saturated rings. The number of halogens is 2. The molecule has 0 aromatic heterocycles. The molecule has 100 valence electrons. The molecule has 1 N–H and O–H groups in total. The summed E-state index contributed by atoms with van der Waals surface area (Å²) in [5, 5.41) is 4.83. The van der Waals surface area contributed by atoms with Crippen molar-refractivity contribution in [2.75, 3.05) is 13.2 Å². The third-order valence-electron chi connectivity index (χ3n) is 2.94. The Hall–Kier alpha value is -0.440. The van der Waals surface area contributed by atoms with Crippen LogP contribution in [-0.4, -0.2) is 13.2 Å². The third kappa shape index (κ3) is 3.31. The van der Waals surface area contributed by atoms with Crippen molar-refractivity contribution in [3.8, 4) is 5.75 Å². The highest BCUT2D eigenvalue weighted by atomic mass is 35.5. The largest absolute Gasteiger partial charge is 0.492 e. The number of rotatable bonds is 2. The van der Waals surface area contributed by atoms with Gasteiger partial charge in [-0.05, 0) is 17.5 Å². The monoisotopic (exact) mass is 287 g/mol. The van der Waals surface area contributed by atoms with Gasteiger partial charge in [0, 0.05) is 29.6 Å². The molecule has 0 spiro atoms. The zero-order valence-corrected chi connectivity index (χ0v) is 12.5. The molecule has 18 heavy (non-hydrogen) atoms. The predicted molar refractivity (Wildman–Crippen MR) is 76.8 cm³/mol. The second kappa shape index (κ2) is 5.28. The van der Waals surface area contributed by atoms with E-state index in [-0.39, 0.29) is 11.5 Å². The van der Waals surface area contributed by atoms with Gasteiger partial charge < -0.3 is 10.1 Å². The van der Waals surface area contributed by atoms with Gasteiger partial charge in [-0.25, -0.2) is 0 Å². The van der Waals surface area contributed by atoms with Crippen LogP contribution in [0.4, 0.5) is 0 Å². The van der Waals surface area contributed by atoms with Gasteiger partial charge in [-0.15, -0.1) is 0 Å². The summed E-state index contributed by atoms with van der Waals surface area (Å²) < 4.78 is 5.64. The first-order valence-corrected chi connectivity index (χ1v) is 6.97. The van der Waals surface area contributed by atoms with Gasteiger partial charge in [0.2, 0.25) is 0 Å². The predicted octanol–water partition coefficient (Wildman–Crippen LogP) is 4.45. The lowest BCUT2D eigenvalue weighted by molar-refractivity contribution is 0.240. The lowest BCUT2D eigenvalue weighted by atomic mass is 9.94. The number of hydrogen-bond acceptors (Lipinski definition) is 2. The molecule has 1 unspecified atom stereocenters. The lowest BCUT2D eigenvalue weighted by Gasteiger charge is -2.30. The quantitative estimate of drug-likeness (QED) is 0.868. The van der Waals surface area contributed by atoms with Gasteiger partial charge in [0.15, 0.2) is 0 Å². The summed E-state index contributed by atoms with van der Waals surface area (Å²) in [6.45, 7) is 8.28. The van der Waals surface area contributed by atoms with Crippen molar-refractivity contribution >= 4 is 23.2 Å². The van der Waals surface area contributed by atoms with Gasteiger partial charge >= 0.3 is 0 Å². The fourth-order valence-corrected chi connectivity index (χ4v) is 2.63. The highest BCUT2D eigenvalue weighted by Crippen LogP contribution is 2.40. The Morgan fingerprint density at radius 2 is 2.06 bits per heavy atom. The lowest BCUT2D eigenvalue weighted by Crippen LogP contribution is -2.33. The Balaban J connectivity index is 2.22. The van der Waals surface area contributed by atoms with Gasteiger partial charge in [0.05, 0.1) is 11.6 Å². The van der Waals surface area contributed by atoms with E-state index in [0.717, 1.165) is 24.3 Å². The number of nitrogens with one attached hydrogen (secondary N) is 1. The molecule has 0 saturated carbocycles. The minimum absolute atomic E-state index is 0.251. The Labute approximate surface area is 119 Å². The molecular formula is C14H19Cl2NO.